The molecule has 1 aliphatic rings. The molecule has 12 nitrogen and oxygen atoms in total. The highest BCUT2D eigenvalue weighted by Gasteiger charge is 2.36. The van der Waals surface area contributed by atoms with Crippen LogP contribution in [0.3, 0.4) is 0 Å². The molecule has 1 heterocycles. The number of hydrogen-bond acceptors (Lipinski definition) is 7. The van der Waals surface area contributed by atoms with Crippen LogP contribution in [-0.4, -0.2) is 82.5 Å². The van der Waals surface area contributed by atoms with Gasteiger partial charge < -0.3 is 37.2 Å². The van der Waals surface area contributed by atoms with E-state index in [9.17, 15) is 24.0 Å². The molecule has 0 aromatic rings. The van der Waals surface area contributed by atoms with E-state index in [2.05, 4.69) is 10.6 Å². The second-order valence-electron chi connectivity index (χ2n) is 6.79. The van der Waals surface area contributed by atoms with Crippen LogP contribution in [0.4, 0.5) is 0 Å². The lowest BCUT2D eigenvalue weighted by Crippen LogP contribution is -2.56. The summed E-state index contributed by atoms with van der Waals surface area (Å²) in [6.45, 7) is 0.526. The van der Waals surface area contributed by atoms with Crippen LogP contribution >= 0.6 is 0 Å². The van der Waals surface area contributed by atoms with Gasteiger partial charge in [-0.2, -0.15) is 0 Å². The molecule has 29 heavy (non-hydrogen) atoms. The van der Waals surface area contributed by atoms with Crippen molar-refractivity contribution in [1.82, 2.24) is 15.5 Å². The van der Waals surface area contributed by atoms with Crippen molar-refractivity contribution >= 4 is 29.7 Å². The molecule has 1 rings (SSSR count). The zero-order valence-electron chi connectivity index (χ0n) is 16.1. The molecule has 0 aliphatic carbocycles. The number of carboxylic acids is 2. The first-order valence-electron chi connectivity index (χ1n) is 9.46. The molecule has 12 heteroatoms. The summed E-state index contributed by atoms with van der Waals surface area (Å²) in [5, 5.41) is 22.6. The summed E-state index contributed by atoms with van der Waals surface area (Å²) < 4.78 is 0. The number of aliphatic carboxylic acids is 2. The topological polar surface area (TPSA) is 205 Å². The fraction of sp³-hybridized carbons (Fsp3) is 0.706. The highest BCUT2D eigenvalue weighted by Crippen LogP contribution is 2.18. The van der Waals surface area contributed by atoms with E-state index >= 15 is 0 Å². The van der Waals surface area contributed by atoms with Crippen molar-refractivity contribution in [2.45, 2.75) is 56.7 Å². The van der Waals surface area contributed by atoms with Crippen molar-refractivity contribution in [3.05, 3.63) is 0 Å². The first kappa shape index (κ1) is 24.3. The molecular formula is C17H29N5O7. The summed E-state index contributed by atoms with van der Waals surface area (Å²) in [4.78, 5) is 60.5. The third-order valence-electron chi connectivity index (χ3n) is 4.62. The molecule has 3 unspecified atom stereocenters. The lowest BCUT2D eigenvalue weighted by Gasteiger charge is -2.26. The molecule has 3 amide bonds. The third kappa shape index (κ3) is 7.66. The molecule has 164 valence electrons. The maximum Gasteiger partial charge on any atom is 0.326 e. The molecule has 0 radical (unpaired) electrons. The molecule has 0 saturated carbocycles. The van der Waals surface area contributed by atoms with E-state index in [4.69, 9.17) is 21.7 Å². The lowest BCUT2D eigenvalue weighted by molar-refractivity contribution is -0.147. The molecular weight excluding hydrogens is 386 g/mol. The average molecular weight is 415 g/mol. The van der Waals surface area contributed by atoms with E-state index in [1.54, 1.807) is 0 Å². The van der Waals surface area contributed by atoms with Gasteiger partial charge in [0, 0.05) is 6.54 Å². The Hall–Kier alpha value is -2.73. The van der Waals surface area contributed by atoms with Gasteiger partial charge >= 0.3 is 11.9 Å². The lowest BCUT2D eigenvalue weighted by atomic mass is 10.1. The minimum Gasteiger partial charge on any atom is -0.481 e. The van der Waals surface area contributed by atoms with Crippen LogP contribution in [-0.2, 0) is 24.0 Å². The molecule has 1 aliphatic heterocycles. The van der Waals surface area contributed by atoms with Gasteiger partial charge in [0.15, 0.2) is 0 Å². The van der Waals surface area contributed by atoms with E-state index in [1.165, 1.54) is 4.90 Å². The van der Waals surface area contributed by atoms with Crippen molar-refractivity contribution in [1.29, 1.82) is 0 Å². The SMILES string of the molecule is NCCCCC(NC(=O)C1CCCN1C(=O)CN)C(=O)NC(CC(=O)O)C(=O)O. The van der Waals surface area contributed by atoms with E-state index in [1.807, 2.05) is 0 Å². The summed E-state index contributed by atoms with van der Waals surface area (Å²) in [5.74, 6) is -4.60. The summed E-state index contributed by atoms with van der Waals surface area (Å²) >= 11 is 0. The van der Waals surface area contributed by atoms with Crippen LogP contribution in [0.15, 0.2) is 0 Å². The number of rotatable bonds is 12. The monoisotopic (exact) mass is 415 g/mol. The Bertz CT molecular complexity index is 627. The number of nitrogens with zero attached hydrogens (tertiary/aromatic N) is 1. The number of nitrogens with two attached hydrogens (primary N) is 2. The number of hydrogen-bond donors (Lipinski definition) is 6. The second-order valence-corrected chi connectivity index (χ2v) is 6.79. The highest BCUT2D eigenvalue weighted by atomic mass is 16.4. The molecule has 0 aromatic heterocycles. The van der Waals surface area contributed by atoms with Gasteiger partial charge in [0.25, 0.3) is 0 Å². The third-order valence-corrected chi connectivity index (χ3v) is 4.62. The van der Waals surface area contributed by atoms with Crippen LogP contribution in [0.5, 0.6) is 0 Å². The van der Waals surface area contributed by atoms with E-state index in [0.29, 0.717) is 38.8 Å². The second kappa shape index (κ2) is 12.0. The minimum atomic E-state index is -1.63. The number of unbranched alkanes of at least 4 members (excludes halogenated alkanes) is 1. The molecule has 0 aromatic carbocycles. The van der Waals surface area contributed by atoms with Gasteiger partial charge in [-0.15, -0.1) is 0 Å². The number of likely N-dealkylation sites (tertiary alicyclic amines) is 1. The van der Waals surface area contributed by atoms with E-state index < -0.39 is 48.3 Å². The van der Waals surface area contributed by atoms with Gasteiger partial charge in [0.1, 0.15) is 18.1 Å². The zero-order chi connectivity index (χ0) is 22.0. The van der Waals surface area contributed by atoms with Crippen LogP contribution in [0.25, 0.3) is 0 Å². The zero-order valence-corrected chi connectivity index (χ0v) is 16.1. The average Bonchev–Trinajstić information content (AvgIpc) is 3.15. The molecule has 1 saturated heterocycles. The Labute approximate surface area is 168 Å². The van der Waals surface area contributed by atoms with Crippen molar-refractivity contribution in [2.24, 2.45) is 11.5 Å². The number of carboxylic acid groups (broad SMARTS) is 2. The van der Waals surface area contributed by atoms with Crippen LogP contribution in [0, 0.1) is 0 Å². The van der Waals surface area contributed by atoms with Gasteiger partial charge in [-0.25, -0.2) is 4.79 Å². The summed E-state index contributed by atoms with van der Waals surface area (Å²) in [6.07, 6.45) is 1.50. The largest absolute Gasteiger partial charge is 0.481 e. The Balaban J connectivity index is 2.86. The van der Waals surface area contributed by atoms with Crippen molar-refractivity contribution in [2.75, 3.05) is 19.6 Å². The first-order valence-corrected chi connectivity index (χ1v) is 9.46. The number of carbonyl (C=O) groups is 5. The molecule has 8 N–H and O–H groups in total. The molecule has 0 spiro atoms. The maximum absolute atomic E-state index is 12.7. The first-order chi connectivity index (χ1) is 13.7. The predicted octanol–water partition coefficient (Wildman–Crippen LogP) is -2.41. The summed E-state index contributed by atoms with van der Waals surface area (Å²) in [6, 6.07) is -3.47. The molecule has 0 bridgehead atoms. The van der Waals surface area contributed by atoms with Crippen molar-refractivity contribution in [3.8, 4) is 0 Å². The predicted molar refractivity (Wildman–Crippen MR) is 100 cm³/mol. The van der Waals surface area contributed by atoms with Crippen LogP contribution < -0.4 is 22.1 Å². The summed E-state index contributed by atoms with van der Waals surface area (Å²) in [5.41, 5.74) is 10.8. The standard InChI is InChI=1S/C17H29N5O7/c18-6-2-1-4-10(15(26)21-11(17(28)29)8-14(24)25)20-16(27)12-5-3-7-22(12)13(23)9-19/h10-12H,1-9,18-19H2,(H,20,27)(H,21,26)(H,24,25)(H,28,29). The fourth-order valence-electron chi connectivity index (χ4n) is 3.13. The number of nitrogens with one attached hydrogen (secondary N) is 2. The van der Waals surface area contributed by atoms with Crippen LogP contribution in [0.2, 0.25) is 0 Å². The Morgan fingerprint density at radius 1 is 1.03 bits per heavy atom. The normalized spacial score (nSPS) is 18.0. The molecule has 3 atom stereocenters. The van der Waals surface area contributed by atoms with Crippen LogP contribution in [0.1, 0.15) is 38.5 Å². The smallest absolute Gasteiger partial charge is 0.326 e. The Kier molecular flexibility index (Phi) is 10.0. The van der Waals surface area contributed by atoms with Gasteiger partial charge in [-0.1, -0.05) is 0 Å². The highest BCUT2D eigenvalue weighted by molar-refractivity contribution is 5.94. The van der Waals surface area contributed by atoms with Crippen molar-refractivity contribution < 1.29 is 34.2 Å². The summed E-state index contributed by atoms with van der Waals surface area (Å²) in [7, 11) is 0. The van der Waals surface area contributed by atoms with Gasteiger partial charge in [0.2, 0.25) is 17.7 Å². The fourth-order valence-corrected chi connectivity index (χ4v) is 3.13. The minimum absolute atomic E-state index is 0.186. The van der Waals surface area contributed by atoms with Gasteiger partial charge in [0.05, 0.1) is 13.0 Å². The van der Waals surface area contributed by atoms with Gasteiger partial charge in [-0.3, -0.25) is 19.2 Å². The number of amides is 3. The quantitative estimate of drug-likeness (QED) is 0.187. The Morgan fingerprint density at radius 3 is 2.28 bits per heavy atom. The van der Waals surface area contributed by atoms with E-state index in [0.717, 1.165) is 0 Å². The maximum atomic E-state index is 12.7. The number of carbonyl (C=O) groups excluding carboxylic acids is 3. The Morgan fingerprint density at radius 2 is 1.72 bits per heavy atom. The molecule has 1 fully saturated rings. The van der Waals surface area contributed by atoms with E-state index in [-0.39, 0.29) is 18.9 Å². The van der Waals surface area contributed by atoms with Gasteiger partial charge in [-0.05, 0) is 38.6 Å². The van der Waals surface area contributed by atoms with Crippen molar-refractivity contribution in [3.63, 3.8) is 0 Å².